The molecule has 0 saturated heterocycles. The summed E-state index contributed by atoms with van der Waals surface area (Å²) in [6, 6.07) is 170. The van der Waals surface area contributed by atoms with E-state index in [1.54, 1.807) is 0 Å². The van der Waals surface area contributed by atoms with Crippen molar-refractivity contribution in [1.29, 1.82) is 0 Å². The van der Waals surface area contributed by atoms with Gasteiger partial charge in [0, 0.05) is 71.4 Å². The van der Waals surface area contributed by atoms with Crippen molar-refractivity contribution in [3.8, 4) is 89.5 Å². The minimum absolute atomic E-state index is 0. The lowest BCUT2D eigenvalue weighted by atomic mass is 9.99. The zero-order valence-electron chi connectivity index (χ0n) is 66.2. The number of hydrogen-bond donors (Lipinski definition) is 0. The molecular formula is C117H85N5Si. The van der Waals surface area contributed by atoms with Crippen LogP contribution in [-0.4, -0.2) is 26.3 Å². The normalized spacial score (nSPS) is 11.4. The Bertz CT molecular complexity index is 7800. The summed E-state index contributed by atoms with van der Waals surface area (Å²) >= 11 is 0. The first-order valence-electron chi connectivity index (χ1n) is 41.4. The summed E-state index contributed by atoms with van der Waals surface area (Å²) in [4.78, 5) is 3.73. The molecule has 0 saturated carbocycles. The van der Waals surface area contributed by atoms with Crippen molar-refractivity contribution in [3.63, 3.8) is 0 Å². The molecule has 0 aliphatic rings. The molecule has 23 rings (SSSR count). The van der Waals surface area contributed by atoms with Crippen LogP contribution in [0.5, 0.6) is 0 Å². The van der Waals surface area contributed by atoms with Crippen LogP contribution in [0.3, 0.4) is 0 Å². The van der Waals surface area contributed by atoms with E-state index in [1.165, 1.54) is 153 Å². The third-order valence-corrected chi connectivity index (χ3v) is 29.4. The lowest BCUT2D eigenvalue weighted by molar-refractivity contribution is 1.18. The molecule has 0 bridgehead atoms. The summed E-state index contributed by atoms with van der Waals surface area (Å²) in [7, 11) is -2.78. The molecule has 582 valence electrons. The molecule has 0 atom stereocenters. The molecule has 19 aromatic carbocycles. The third-order valence-electron chi connectivity index (χ3n) is 24.6. The van der Waals surface area contributed by atoms with E-state index in [-0.39, 0.29) is 14.9 Å². The molecule has 0 aliphatic carbocycles. The van der Waals surface area contributed by atoms with Gasteiger partial charge in [0.15, 0.2) is 13.8 Å². The number of fused-ring (bicyclic) bond motifs is 12. The van der Waals surface area contributed by atoms with Gasteiger partial charge < -0.3 is 18.3 Å². The highest BCUT2D eigenvalue weighted by Gasteiger charge is 2.42. The molecule has 23 aromatic rings. The molecule has 0 aliphatic heterocycles. The van der Waals surface area contributed by atoms with Gasteiger partial charge in [-0.3, -0.25) is 0 Å². The third kappa shape index (κ3) is 13.3. The Morgan fingerprint density at radius 1 is 0.163 bits per heavy atom. The first kappa shape index (κ1) is 75.8. The van der Waals surface area contributed by atoms with Crippen molar-refractivity contribution >= 4 is 122 Å². The van der Waals surface area contributed by atoms with Crippen LogP contribution in [0, 0.1) is 6.57 Å². The average Bonchev–Trinajstić information content (AvgIpc) is 1.60. The van der Waals surface area contributed by atoms with Gasteiger partial charge >= 0.3 is 0 Å². The van der Waals surface area contributed by atoms with Gasteiger partial charge in [-0.2, -0.15) is 0 Å². The van der Waals surface area contributed by atoms with E-state index in [2.05, 4.69) is 472 Å². The summed E-state index contributed by atoms with van der Waals surface area (Å²) in [5, 5.41) is 15.2. The van der Waals surface area contributed by atoms with E-state index < -0.39 is 8.07 Å². The molecular weight excluding hydrogens is 1500 g/mol. The van der Waals surface area contributed by atoms with Crippen LogP contribution in [0.4, 0.5) is 5.69 Å². The lowest BCUT2D eigenvalue weighted by Crippen LogP contribution is -2.74. The maximum absolute atomic E-state index is 7.65. The molecule has 0 spiro atoms. The van der Waals surface area contributed by atoms with Gasteiger partial charge in [-0.25, -0.2) is 4.85 Å². The first-order valence-corrected chi connectivity index (χ1v) is 43.4. The summed E-state index contributed by atoms with van der Waals surface area (Å²) in [6.45, 7) is 7.65. The second-order valence-electron chi connectivity index (χ2n) is 31.4. The van der Waals surface area contributed by atoms with E-state index in [0.29, 0.717) is 5.69 Å². The second-order valence-corrected chi connectivity index (χ2v) is 35.2. The molecule has 4 heterocycles. The Labute approximate surface area is 717 Å². The second kappa shape index (κ2) is 32.1. The fourth-order valence-corrected chi connectivity index (χ4v) is 23.7. The van der Waals surface area contributed by atoms with E-state index in [4.69, 9.17) is 6.57 Å². The maximum atomic E-state index is 7.65. The lowest BCUT2D eigenvalue weighted by Gasteiger charge is -2.34. The molecule has 4 aromatic heterocycles. The maximum Gasteiger partial charge on any atom is 0.189 e. The monoisotopic (exact) mass is 1590 g/mol. The Kier molecular flexibility index (Phi) is 19.8. The van der Waals surface area contributed by atoms with Crippen molar-refractivity contribution in [2.75, 3.05) is 0 Å². The predicted molar refractivity (Wildman–Crippen MR) is 526 cm³/mol. The topological polar surface area (TPSA) is 24.1 Å². The van der Waals surface area contributed by atoms with Crippen LogP contribution in [-0.2, 0) is 0 Å². The standard InChI is InChI=1S/C66H46N2Si.C49H31N3.2CH4/c1-6-19-47(20-7-1)49-21-18-22-50(43-49)48-33-37-54(38-34-48)68-63-32-17-16-31-59(63)60-44-51(35-40-64(60)68)52-36-41-65-61(45-52)62-46-58(39-42-66(62)67(65)53-23-8-2-9-24-53)69(55-25-10-3-11-26-55,56-27-12-4-13-28-56)57-29-14-5-15-30-57;1-50-39-23-26-43-45-31-38(22-28-48(45)52(49(43)32-39)40-15-6-3-7-16-40)37-21-27-47-44(30-37)42-17-8-9-18-46(42)51(47)41-24-19-34(20-25-41)36-14-10-13-35(29-36)33-11-4-2-5-12-33;;/h1-46H;2-32H;2*1H4. The van der Waals surface area contributed by atoms with E-state index in [0.717, 1.165) is 44.7 Å². The SMILES string of the molecule is C.C.[C-]#[N+]c1ccc2c3cc(-c4ccc5c(c4)c4ccccc4n5-c4ccc(-c5cccc(-c6ccccc6)c5)cc4)ccc3n(-c3ccccc3)c2c1.c1ccc(-c2cccc(-c3ccc(-n4c5ccccc5c5cc(-c6ccc7c(c6)c6cc([Si](c8ccccc8)(c8ccccc8)c8ccccc8)ccc6n7-c6ccccc6)ccc54)cc3)c2)cc1. The van der Waals surface area contributed by atoms with E-state index >= 15 is 0 Å². The fraction of sp³-hybridized carbons (Fsp3) is 0.0171. The van der Waals surface area contributed by atoms with Gasteiger partial charge in [0.1, 0.15) is 0 Å². The van der Waals surface area contributed by atoms with Crippen molar-refractivity contribution in [3.05, 3.63) is 479 Å². The number of hydrogen-bond acceptors (Lipinski definition) is 0. The molecule has 0 unspecified atom stereocenters. The minimum Gasteiger partial charge on any atom is -0.311 e. The van der Waals surface area contributed by atoms with Crippen molar-refractivity contribution < 1.29 is 0 Å². The number of benzene rings is 19. The Balaban J connectivity index is 0.000000160. The zero-order chi connectivity index (χ0) is 80.3. The smallest absolute Gasteiger partial charge is 0.189 e. The number of rotatable bonds is 14. The molecule has 5 nitrogen and oxygen atoms in total. The number of nitrogens with zero attached hydrogens (tertiary/aromatic N) is 5. The molecule has 123 heavy (non-hydrogen) atoms. The Morgan fingerprint density at radius 2 is 0.415 bits per heavy atom. The largest absolute Gasteiger partial charge is 0.311 e. The van der Waals surface area contributed by atoms with Crippen LogP contribution in [0.2, 0.25) is 0 Å². The van der Waals surface area contributed by atoms with E-state index in [9.17, 15) is 0 Å². The average molecular weight is 1590 g/mol. The molecule has 0 fully saturated rings. The van der Waals surface area contributed by atoms with Gasteiger partial charge in [0.25, 0.3) is 0 Å². The predicted octanol–water partition coefficient (Wildman–Crippen LogP) is 29.0. The number of aromatic nitrogens is 4. The highest BCUT2D eigenvalue weighted by atomic mass is 28.3. The minimum atomic E-state index is -2.78. The van der Waals surface area contributed by atoms with Gasteiger partial charge in [0.2, 0.25) is 0 Å². The highest BCUT2D eigenvalue weighted by Crippen LogP contribution is 2.43. The van der Waals surface area contributed by atoms with Crippen LogP contribution in [0.1, 0.15) is 14.9 Å². The first-order chi connectivity index (χ1) is 59.9. The van der Waals surface area contributed by atoms with Gasteiger partial charge in [-0.1, -0.05) is 349 Å². The van der Waals surface area contributed by atoms with E-state index in [1.807, 2.05) is 18.2 Å². The van der Waals surface area contributed by atoms with Crippen LogP contribution < -0.4 is 20.7 Å². The summed E-state index contributed by atoms with van der Waals surface area (Å²) in [6.07, 6.45) is 0. The van der Waals surface area contributed by atoms with Crippen LogP contribution in [0.15, 0.2) is 467 Å². The summed E-state index contributed by atoms with van der Waals surface area (Å²) in [5.41, 5.74) is 28.9. The summed E-state index contributed by atoms with van der Waals surface area (Å²) in [5.74, 6) is 0. The van der Waals surface area contributed by atoms with Crippen molar-refractivity contribution in [1.82, 2.24) is 18.3 Å². The van der Waals surface area contributed by atoms with Gasteiger partial charge in [-0.15, -0.1) is 0 Å². The van der Waals surface area contributed by atoms with Crippen LogP contribution >= 0.6 is 0 Å². The summed E-state index contributed by atoms with van der Waals surface area (Å²) < 4.78 is 9.51. The van der Waals surface area contributed by atoms with Gasteiger partial charge in [0.05, 0.1) is 45.2 Å². The molecule has 6 heteroatoms. The Morgan fingerprint density at radius 3 is 0.780 bits per heavy atom. The van der Waals surface area contributed by atoms with Gasteiger partial charge in [-0.05, 0) is 221 Å². The quantitative estimate of drug-likeness (QED) is 0.0589. The van der Waals surface area contributed by atoms with Crippen molar-refractivity contribution in [2.45, 2.75) is 14.9 Å². The molecule has 0 N–H and O–H groups in total. The van der Waals surface area contributed by atoms with Crippen molar-refractivity contribution in [2.24, 2.45) is 0 Å². The van der Waals surface area contributed by atoms with Crippen LogP contribution in [0.25, 0.3) is 182 Å². The molecule has 0 amide bonds. The fourth-order valence-electron chi connectivity index (χ4n) is 19.0. The Hall–Kier alpha value is -15.9. The molecule has 0 radical (unpaired) electrons. The highest BCUT2D eigenvalue weighted by molar-refractivity contribution is 7.20. The zero-order valence-corrected chi connectivity index (χ0v) is 67.2. The number of para-hydroxylation sites is 4.